The summed E-state index contributed by atoms with van der Waals surface area (Å²) in [6.07, 6.45) is 0. The Morgan fingerprint density at radius 1 is 1.06 bits per heavy atom. The molecule has 0 unspecified atom stereocenters. The van der Waals surface area contributed by atoms with Crippen LogP contribution in [-0.2, 0) is 14.4 Å². The van der Waals surface area contributed by atoms with E-state index in [2.05, 4.69) is 5.32 Å². The van der Waals surface area contributed by atoms with Crippen molar-refractivity contribution in [2.45, 2.75) is 12.1 Å². The molecule has 0 amide bonds. The highest BCUT2D eigenvalue weighted by molar-refractivity contribution is 8.76. The second kappa shape index (κ2) is 9.03. The van der Waals surface area contributed by atoms with Gasteiger partial charge in [0.05, 0.1) is 6.54 Å². The molecule has 0 spiro atoms. The number of hydrogen-bond donors (Lipinski definition) is 5. The molecule has 0 heterocycles. The molecule has 0 aliphatic carbocycles. The summed E-state index contributed by atoms with van der Waals surface area (Å²) in [6, 6.07) is -2.00. The lowest BCUT2D eigenvalue weighted by Gasteiger charge is -2.12. The van der Waals surface area contributed by atoms with Crippen LogP contribution in [0.25, 0.3) is 0 Å². The minimum Gasteiger partial charge on any atom is -0.480 e. The Kier molecular flexibility index (Phi) is 8.54. The average Bonchev–Trinajstić information content (AvgIpc) is 2.26. The zero-order valence-corrected chi connectivity index (χ0v) is 10.9. The molecule has 0 aromatic carbocycles. The first-order valence-electron chi connectivity index (χ1n) is 4.75. The van der Waals surface area contributed by atoms with E-state index >= 15 is 0 Å². The Morgan fingerprint density at radius 3 is 2.06 bits per heavy atom. The topological polar surface area (TPSA) is 150 Å². The van der Waals surface area contributed by atoms with Crippen LogP contribution < -0.4 is 11.1 Å². The van der Waals surface area contributed by atoms with Crippen molar-refractivity contribution in [1.82, 2.24) is 5.32 Å². The number of carboxylic acids is 3. The van der Waals surface area contributed by atoms with E-state index in [0.717, 1.165) is 21.6 Å². The average molecular weight is 298 g/mol. The number of rotatable bonds is 10. The molecule has 0 saturated heterocycles. The van der Waals surface area contributed by atoms with Crippen LogP contribution in [0.1, 0.15) is 0 Å². The summed E-state index contributed by atoms with van der Waals surface area (Å²) in [5.74, 6) is -3.18. The number of hydrogen-bond acceptors (Lipinski definition) is 7. The van der Waals surface area contributed by atoms with Crippen LogP contribution in [0.4, 0.5) is 0 Å². The molecule has 0 radical (unpaired) electrons. The summed E-state index contributed by atoms with van der Waals surface area (Å²) in [6.45, 7) is -0.448. The van der Waals surface area contributed by atoms with Crippen LogP contribution in [0.2, 0.25) is 0 Å². The molecular weight excluding hydrogens is 284 g/mol. The number of carbonyl (C=O) groups is 3. The van der Waals surface area contributed by atoms with Gasteiger partial charge in [-0.1, -0.05) is 21.6 Å². The molecule has 0 aliphatic rings. The van der Waals surface area contributed by atoms with Crippen molar-refractivity contribution in [3.05, 3.63) is 0 Å². The predicted molar refractivity (Wildman–Crippen MR) is 67.6 cm³/mol. The molecule has 0 aromatic heterocycles. The highest BCUT2D eigenvalue weighted by atomic mass is 33.1. The van der Waals surface area contributed by atoms with Gasteiger partial charge in [0, 0.05) is 11.5 Å². The lowest BCUT2D eigenvalue weighted by atomic mass is 10.3. The zero-order chi connectivity index (χ0) is 14.1. The number of carboxylic acid groups (broad SMARTS) is 3. The van der Waals surface area contributed by atoms with E-state index in [1.165, 1.54) is 0 Å². The zero-order valence-electron chi connectivity index (χ0n) is 9.24. The van der Waals surface area contributed by atoms with Crippen molar-refractivity contribution in [2.24, 2.45) is 5.73 Å². The molecule has 10 heteroatoms. The Bertz CT molecular complexity index is 314. The molecule has 18 heavy (non-hydrogen) atoms. The van der Waals surface area contributed by atoms with Crippen molar-refractivity contribution >= 4 is 39.5 Å². The van der Waals surface area contributed by atoms with Crippen LogP contribution >= 0.6 is 21.6 Å². The van der Waals surface area contributed by atoms with E-state index in [1.807, 2.05) is 0 Å². The third-order valence-electron chi connectivity index (χ3n) is 1.68. The highest BCUT2D eigenvalue weighted by Crippen LogP contribution is 2.22. The smallest absolute Gasteiger partial charge is 0.321 e. The SMILES string of the molecule is N[C@@H](CSSC[C@@H](NCC(=O)O)C(=O)O)C(=O)O. The molecule has 2 atom stereocenters. The first kappa shape index (κ1) is 17.0. The quantitative estimate of drug-likeness (QED) is 0.248. The van der Waals surface area contributed by atoms with Gasteiger partial charge < -0.3 is 21.1 Å². The predicted octanol–water partition coefficient (Wildman–Crippen LogP) is -1.09. The van der Waals surface area contributed by atoms with E-state index in [-0.39, 0.29) is 11.5 Å². The number of nitrogens with one attached hydrogen (secondary N) is 1. The summed E-state index contributed by atoms with van der Waals surface area (Å²) in [7, 11) is 2.25. The Morgan fingerprint density at radius 2 is 1.61 bits per heavy atom. The van der Waals surface area contributed by atoms with Gasteiger partial charge in [0.1, 0.15) is 12.1 Å². The number of nitrogens with two attached hydrogens (primary N) is 1. The third-order valence-corrected chi connectivity index (χ3v) is 4.13. The first-order chi connectivity index (χ1) is 8.34. The van der Waals surface area contributed by atoms with Gasteiger partial charge in [0.2, 0.25) is 0 Å². The van der Waals surface area contributed by atoms with Gasteiger partial charge in [-0.2, -0.15) is 0 Å². The van der Waals surface area contributed by atoms with Crippen LogP contribution in [0.5, 0.6) is 0 Å². The van der Waals surface area contributed by atoms with Gasteiger partial charge in [0.25, 0.3) is 0 Å². The minimum absolute atomic E-state index is 0.111. The largest absolute Gasteiger partial charge is 0.480 e. The molecule has 6 N–H and O–H groups in total. The normalized spacial score (nSPS) is 13.8. The van der Waals surface area contributed by atoms with Crippen LogP contribution in [0, 0.1) is 0 Å². The van der Waals surface area contributed by atoms with E-state index in [9.17, 15) is 14.4 Å². The van der Waals surface area contributed by atoms with Gasteiger partial charge in [-0.15, -0.1) is 0 Å². The molecule has 8 nitrogen and oxygen atoms in total. The maximum absolute atomic E-state index is 10.8. The van der Waals surface area contributed by atoms with Gasteiger partial charge in [-0.05, 0) is 0 Å². The van der Waals surface area contributed by atoms with Crippen molar-refractivity contribution in [1.29, 1.82) is 0 Å². The van der Waals surface area contributed by atoms with Crippen LogP contribution in [0.3, 0.4) is 0 Å². The standard InChI is InChI=1S/C8H14N2O6S2/c9-4(7(13)14)2-17-18-3-5(8(15)16)10-1-6(11)12/h4-5,10H,1-3,9H2,(H,11,12)(H,13,14)(H,15,16)/t4-,5+/m0/s1. The van der Waals surface area contributed by atoms with E-state index in [4.69, 9.17) is 21.1 Å². The second-order valence-electron chi connectivity index (χ2n) is 3.18. The molecule has 0 rings (SSSR count). The van der Waals surface area contributed by atoms with Crippen molar-refractivity contribution in [3.63, 3.8) is 0 Å². The molecule has 0 aromatic rings. The van der Waals surface area contributed by atoms with Crippen molar-refractivity contribution < 1.29 is 29.7 Å². The summed E-state index contributed by atoms with van der Waals surface area (Å²) < 4.78 is 0. The highest BCUT2D eigenvalue weighted by Gasteiger charge is 2.18. The summed E-state index contributed by atoms with van der Waals surface area (Å²) in [5.41, 5.74) is 5.25. The van der Waals surface area contributed by atoms with Gasteiger partial charge in [0.15, 0.2) is 0 Å². The van der Waals surface area contributed by atoms with Gasteiger partial charge in [-0.25, -0.2) is 0 Å². The van der Waals surface area contributed by atoms with Gasteiger partial charge in [-0.3, -0.25) is 19.7 Å². The lowest BCUT2D eigenvalue weighted by Crippen LogP contribution is -2.41. The fourth-order valence-corrected chi connectivity index (χ4v) is 3.04. The summed E-state index contributed by atoms with van der Waals surface area (Å²) in [4.78, 5) is 31.4. The summed E-state index contributed by atoms with van der Waals surface area (Å²) in [5, 5.41) is 28.0. The molecule has 104 valence electrons. The Labute approximate surface area is 111 Å². The van der Waals surface area contributed by atoms with Crippen LogP contribution in [-0.4, -0.2) is 63.4 Å². The molecule has 0 bridgehead atoms. The first-order valence-corrected chi connectivity index (χ1v) is 7.24. The van der Waals surface area contributed by atoms with Crippen molar-refractivity contribution in [2.75, 3.05) is 18.1 Å². The maximum atomic E-state index is 10.8. The monoisotopic (exact) mass is 298 g/mol. The number of aliphatic carboxylic acids is 3. The molecular formula is C8H14N2O6S2. The molecule has 0 saturated carbocycles. The van der Waals surface area contributed by atoms with Gasteiger partial charge >= 0.3 is 17.9 Å². The minimum atomic E-state index is -1.16. The lowest BCUT2D eigenvalue weighted by molar-refractivity contribution is -0.140. The third kappa shape index (κ3) is 8.17. The Balaban J connectivity index is 3.87. The second-order valence-corrected chi connectivity index (χ2v) is 5.73. The molecule has 0 fully saturated rings. The fraction of sp³-hybridized carbons (Fsp3) is 0.625. The Hall–Kier alpha value is -0.970. The van der Waals surface area contributed by atoms with E-state index in [0.29, 0.717) is 0 Å². The maximum Gasteiger partial charge on any atom is 0.321 e. The van der Waals surface area contributed by atoms with E-state index in [1.54, 1.807) is 0 Å². The summed E-state index contributed by atoms with van der Waals surface area (Å²) >= 11 is 0. The fourth-order valence-electron chi connectivity index (χ4n) is 0.737. The van der Waals surface area contributed by atoms with E-state index < -0.39 is 36.5 Å². The van der Waals surface area contributed by atoms with Crippen LogP contribution in [0.15, 0.2) is 0 Å². The molecule has 0 aliphatic heterocycles. The van der Waals surface area contributed by atoms with Crippen molar-refractivity contribution in [3.8, 4) is 0 Å².